The van der Waals surface area contributed by atoms with E-state index < -0.39 is 0 Å². The highest BCUT2D eigenvalue weighted by atomic mass is 35.5. The second kappa shape index (κ2) is 8.91. The number of hydrogen-bond acceptors (Lipinski definition) is 6. The minimum Gasteiger partial charge on any atom is -0.454 e. The average Bonchev–Trinajstić information content (AvgIpc) is 3.61. The van der Waals surface area contributed by atoms with Gasteiger partial charge in [-0.15, -0.1) is 0 Å². The van der Waals surface area contributed by atoms with Gasteiger partial charge in [0.2, 0.25) is 12.7 Å². The summed E-state index contributed by atoms with van der Waals surface area (Å²) >= 11 is 6.37. The van der Waals surface area contributed by atoms with Crippen LogP contribution in [0.4, 0.5) is 5.95 Å². The zero-order chi connectivity index (χ0) is 24.8. The molecule has 7 heteroatoms. The maximum absolute atomic E-state index is 6.37. The molecular formula is C30H21ClN4O2. The highest BCUT2D eigenvalue weighted by molar-refractivity contribution is 6.31. The van der Waals surface area contributed by atoms with Gasteiger partial charge in [-0.1, -0.05) is 78.3 Å². The molecule has 4 aromatic carbocycles. The molecule has 0 saturated heterocycles. The van der Waals surface area contributed by atoms with Crippen LogP contribution in [0.15, 0.2) is 102 Å². The number of hydrogen-bond donors (Lipinski definition) is 0. The number of aromatic nitrogens is 2. The first-order chi connectivity index (χ1) is 18.2. The minimum atomic E-state index is -0.113. The van der Waals surface area contributed by atoms with Crippen molar-refractivity contribution >= 4 is 34.2 Å². The Labute approximate surface area is 218 Å². The highest BCUT2D eigenvalue weighted by Gasteiger charge is 2.33. The van der Waals surface area contributed by atoms with Crippen molar-refractivity contribution in [2.24, 2.45) is 5.10 Å². The summed E-state index contributed by atoms with van der Waals surface area (Å²) < 4.78 is 11.2. The lowest BCUT2D eigenvalue weighted by Crippen LogP contribution is -2.21. The third-order valence-corrected chi connectivity index (χ3v) is 6.93. The van der Waals surface area contributed by atoms with E-state index in [4.69, 9.17) is 36.1 Å². The molecule has 0 aliphatic carbocycles. The lowest BCUT2D eigenvalue weighted by atomic mass is 9.98. The lowest BCUT2D eigenvalue weighted by molar-refractivity contribution is 0.174. The second-order valence-electron chi connectivity index (χ2n) is 8.99. The summed E-state index contributed by atoms with van der Waals surface area (Å²) in [5.41, 5.74) is 5.72. The molecule has 0 saturated carbocycles. The number of halogens is 1. The number of fused-ring (bicyclic) bond motifs is 2. The molecule has 1 aromatic heterocycles. The van der Waals surface area contributed by atoms with Gasteiger partial charge in [-0.05, 0) is 41.5 Å². The SMILES string of the molecule is Clc1ccc2nc(N3N=C(c4ccccc4)C[C@@H]3c3ccc4c(c3)OCO4)nc(-c3ccccc3)c2c1. The summed E-state index contributed by atoms with van der Waals surface area (Å²) in [5, 5.41) is 8.54. The van der Waals surface area contributed by atoms with Gasteiger partial charge in [0, 0.05) is 22.4 Å². The monoisotopic (exact) mass is 504 g/mol. The number of rotatable bonds is 4. The van der Waals surface area contributed by atoms with Crippen molar-refractivity contribution in [1.29, 1.82) is 0 Å². The minimum absolute atomic E-state index is 0.113. The van der Waals surface area contributed by atoms with E-state index in [1.807, 2.05) is 83.9 Å². The van der Waals surface area contributed by atoms with Gasteiger partial charge >= 0.3 is 0 Å². The molecule has 0 radical (unpaired) electrons. The van der Waals surface area contributed by atoms with E-state index >= 15 is 0 Å². The Kier molecular flexibility index (Phi) is 5.26. The Bertz CT molecular complexity index is 1660. The van der Waals surface area contributed by atoms with Crippen molar-refractivity contribution in [3.05, 3.63) is 113 Å². The smallest absolute Gasteiger partial charge is 0.247 e. The van der Waals surface area contributed by atoms with Gasteiger partial charge in [-0.2, -0.15) is 5.10 Å². The summed E-state index contributed by atoms with van der Waals surface area (Å²) in [7, 11) is 0. The van der Waals surface area contributed by atoms with E-state index in [9.17, 15) is 0 Å². The number of nitrogens with zero attached hydrogens (tertiary/aromatic N) is 4. The molecule has 3 heterocycles. The first-order valence-electron chi connectivity index (χ1n) is 12.1. The molecule has 0 unspecified atom stereocenters. The molecule has 0 N–H and O–H groups in total. The third kappa shape index (κ3) is 3.96. The summed E-state index contributed by atoms with van der Waals surface area (Å²) in [5.74, 6) is 2.02. The summed E-state index contributed by atoms with van der Waals surface area (Å²) in [6, 6.07) is 32.0. The average molecular weight is 505 g/mol. The van der Waals surface area contributed by atoms with Crippen LogP contribution in [0.3, 0.4) is 0 Å². The van der Waals surface area contributed by atoms with E-state index in [2.05, 4.69) is 18.2 Å². The van der Waals surface area contributed by atoms with Crippen molar-refractivity contribution in [2.75, 3.05) is 11.8 Å². The van der Waals surface area contributed by atoms with Crippen molar-refractivity contribution in [3.8, 4) is 22.8 Å². The molecule has 0 bridgehead atoms. The number of hydrazone groups is 1. The van der Waals surface area contributed by atoms with Gasteiger partial charge < -0.3 is 9.47 Å². The summed E-state index contributed by atoms with van der Waals surface area (Å²) in [6.07, 6.45) is 0.701. The molecule has 2 aliphatic rings. The Balaban J connectivity index is 1.41. The van der Waals surface area contributed by atoms with Crippen molar-refractivity contribution in [2.45, 2.75) is 12.5 Å². The maximum Gasteiger partial charge on any atom is 0.247 e. The van der Waals surface area contributed by atoms with E-state index in [1.54, 1.807) is 0 Å². The van der Waals surface area contributed by atoms with Gasteiger partial charge in [0.05, 0.1) is 23.0 Å². The summed E-state index contributed by atoms with van der Waals surface area (Å²) in [6.45, 7) is 0.232. The van der Waals surface area contributed by atoms with E-state index in [0.29, 0.717) is 17.4 Å². The first-order valence-corrected chi connectivity index (χ1v) is 12.5. The maximum atomic E-state index is 6.37. The van der Waals surface area contributed by atoms with Gasteiger partial charge in [0.1, 0.15) is 0 Å². The molecule has 0 fully saturated rings. The molecule has 0 spiro atoms. The van der Waals surface area contributed by atoms with Crippen molar-refractivity contribution in [3.63, 3.8) is 0 Å². The zero-order valence-electron chi connectivity index (χ0n) is 19.7. The molecule has 180 valence electrons. The Morgan fingerprint density at radius 3 is 2.32 bits per heavy atom. The van der Waals surface area contributed by atoms with Crippen LogP contribution in [0.2, 0.25) is 5.02 Å². The molecule has 5 aromatic rings. The van der Waals surface area contributed by atoms with Crippen LogP contribution in [0.1, 0.15) is 23.6 Å². The third-order valence-electron chi connectivity index (χ3n) is 6.70. The van der Waals surface area contributed by atoms with Crippen LogP contribution in [-0.4, -0.2) is 22.5 Å². The fourth-order valence-electron chi connectivity index (χ4n) is 4.89. The van der Waals surface area contributed by atoms with Crippen LogP contribution in [-0.2, 0) is 0 Å². The van der Waals surface area contributed by atoms with E-state index in [1.165, 1.54) is 0 Å². The molecule has 1 atom stereocenters. The van der Waals surface area contributed by atoms with Crippen LogP contribution in [0.25, 0.3) is 22.2 Å². The standard InChI is InChI=1S/C30H21ClN4O2/c31-22-12-13-24-23(16-22)29(20-9-5-2-6-10-20)33-30(32-24)35-26(17-25(34-35)19-7-3-1-4-8-19)21-11-14-27-28(15-21)37-18-36-27/h1-16,26H,17-18H2/t26-/m1/s1. The van der Waals surface area contributed by atoms with E-state index in [-0.39, 0.29) is 12.8 Å². The zero-order valence-corrected chi connectivity index (χ0v) is 20.5. The predicted octanol–water partition coefficient (Wildman–Crippen LogP) is 7.03. The Morgan fingerprint density at radius 1 is 0.757 bits per heavy atom. The number of ether oxygens (including phenoxy) is 2. The normalized spacial score (nSPS) is 16.3. The molecular weight excluding hydrogens is 484 g/mol. The fourth-order valence-corrected chi connectivity index (χ4v) is 5.06. The fraction of sp³-hybridized carbons (Fsp3) is 0.100. The van der Waals surface area contributed by atoms with Crippen LogP contribution < -0.4 is 14.5 Å². The predicted molar refractivity (Wildman–Crippen MR) is 145 cm³/mol. The van der Waals surface area contributed by atoms with Crippen molar-refractivity contribution < 1.29 is 9.47 Å². The molecule has 2 aliphatic heterocycles. The second-order valence-corrected chi connectivity index (χ2v) is 9.43. The highest BCUT2D eigenvalue weighted by Crippen LogP contribution is 2.41. The quantitative estimate of drug-likeness (QED) is 0.263. The topological polar surface area (TPSA) is 59.8 Å². The lowest BCUT2D eigenvalue weighted by Gasteiger charge is -2.23. The molecule has 7 rings (SSSR count). The van der Waals surface area contributed by atoms with Gasteiger partial charge in [0.25, 0.3) is 0 Å². The van der Waals surface area contributed by atoms with Gasteiger partial charge in [-0.25, -0.2) is 15.0 Å². The summed E-state index contributed by atoms with van der Waals surface area (Å²) in [4.78, 5) is 10.0. The van der Waals surface area contributed by atoms with E-state index in [0.717, 1.165) is 50.5 Å². The largest absolute Gasteiger partial charge is 0.454 e. The van der Waals surface area contributed by atoms with Crippen LogP contribution in [0.5, 0.6) is 11.5 Å². The number of anilines is 1. The number of benzene rings is 4. The first kappa shape index (κ1) is 21.8. The molecule has 0 amide bonds. The van der Waals surface area contributed by atoms with Crippen LogP contribution in [0, 0.1) is 0 Å². The van der Waals surface area contributed by atoms with Gasteiger partial charge in [-0.3, -0.25) is 0 Å². The Hall–Kier alpha value is -4.42. The van der Waals surface area contributed by atoms with Crippen LogP contribution >= 0.6 is 11.6 Å². The Morgan fingerprint density at radius 2 is 1.51 bits per heavy atom. The van der Waals surface area contributed by atoms with Gasteiger partial charge in [0.15, 0.2) is 11.5 Å². The molecule has 37 heavy (non-hydrogen) atoms. The molecule has 6 nitrogen and oxygen atoms in total. The van der Waals surface area contributed by atoms with Crippen molar-refractivity contribution in [1.82, 2.24) is 9.97 Å².